The first-order chi connectivity index (χ1) is 11.9. The number of methoxy groups -OCH3 is 1. The molecule has 0 radical (unpaired) electrons. The van der Waals surface area contributed by atoms with Gasteiger partial charge in [0.1, 0.15) is 10.7 Å². The van der Waals surface area contributed by atoms with Crippen LogP contribution in [0.5, 0.6) is 5.75 Å². The lowest BCUT2D eigenvalue weighted by Gasteiger charge is -2.19. The summed E-state index contributed by atoms with van der Waals surface area (Å²) in [4.78, 5) is 35.4. The van der Waals surface area contributed by atoms with E-state index in [2.05, 4.69) is 5.32 Å². The number of Topliss-reactive ketones (excluding diaryl/α,β-unsaturated/α-hetero) is 2. The Bertz CT molecular complexity index is 952. The summed E-state index contributed by atoms with van der Waals surface area (Å²) in [6.07, 6.45) is 0. The highest BCUT2D eigenvalue weighted by atomic mass is 35.5. The summed E-state index contributed by atoms with van der Waals surface area (Å²) in [5, 5.41) is 13.6. The number of rotatable bonds is 4. The van der Waals surface area contributed by atoms with Crippen molar-refractivity contribution in [1.29, 1.82) is 0 Å². The first-order valence-electron chi connectivity index (χ1n) is 7.11. The van der Waals surface area contributed by atoms with E-state index in [-0.39, 0.29) is 39.0 Å². The van der Waals surface area contributed by atoms with Crippen molar-refractivity contribution in [3.8, 4) is 5.75 Å². The minimum absolute atomic E-state index is 0.0759. The number of carbonyl (C=O) groups excluding carboxylic acids is 2. The van der Waals surface area contributed by atoms with Gasteiger partial charge in [-0.25, -0.2) is 0 Å². The van der Waals surface area contributed by atoms with Crippen molar-refractivity contribution in [2.75, 3.05) is 12.4 Å². The predicted molar refractivity (Wildman–Crippen MR) is 91.3 cm³/mol. The van der Waals surface area contributed by atoms with Crippen LogP contribution in [-0.4, -0.2) is 23.6 Å². The molecule has 25 heavy (non-hydrogen) atoms. The highest BCUT2D eigenvalue weighted by Gasteiger charge is 2.31. The lowest BCUT2D eigenvalue weighted by molar-refractivity contribution is -0.385. The average molecular weight is 359 g/mol. The van der Waals surface area contributed by atoms with Crippen LogP contribution in [0.4, 0.5) is 11.4 Å². The molecule has 0 amide bonds. The number of nitrogens with zero attached hydrogens (tertiary/aromatic N) is 1. The Morgan fingerprint density at radius 2 is 1.72 bits per heavy atom. The number of anilines is 1. The van der Waals surface area contributed by atoms with Crippen LogP contribution in [0, 0.1) is 10.1 Å². The number of hydrogen-bond donors (Lipinski definition) is 1. The van der Waals surface area contributed by atoms with Gasteiger partial charge in [-0.3, -0.25) is 19.7 Å². The second kappa shape index (κ2) is 6.37. The Morgan fingerprint density at radius 1 is 1.08 bits per heavy atom. The summed E-state index contributed by atoms with van der Waals surface area (Å²) in [5.41, 5.74) is 0.288. The molecule has 2 aromatic rings. The van der Waals surface area contributed by atoms with Gasteiger partial charge in [-0.2, -0.15) is 0 Å². The van der Waals surface area contributed by atoms with Gasteiger partial charge in [0.2, 0.25) is 11.6 Å². The van der Waals surface area contributed by atoms with Gasteiger partial charge in [-0.15, -0.1) is 0 Å². The molecule has 0 spiro atoms. The largest absolute Gasteiger partial charge is 0.490 e. The van der Waals surface area contributed by atoms with E-state index >= 15 is 0 Å². The van der Waals surface area contributed by atoms with E-state index in [4.69, 9.17) is 16.3 Å². The van der Waals surface area contributed by atoms with E-state index < -0.39 is 16.5 Å². The molecule has 0 aliphatic heterocycles. The highest BCUT2D eigenvalue weighted by molar-refractivity contribution is 6.50. The van der Waals surface area contributed by atoms with E-state index in [1.807, 2.05) is 0 Å². The normalized spacial score (nSPS) is 13.5. The predicted octanol–water partition coefficient (Wildman–Crippen LogP) is 3.54. The highest BCUT2D eigenvalue weighted by Crippen LogP contribution is 2.33. The minimum atomic E-state index is -0.608. The fraction of sp³-hybridized carbons (Fsp3) is 0.0588. The average Bonchev–Trinajstić information content (AvgIpc) is 2.63. The molecule has 7 nitrogen and oxygen atoms in total. The molecule has 0 fully saturated rings. The standard InChI is InChI=1S/C17H11ClN2O5/c1-25-13-7-6-9(8-12(13)20(23)24)19-15-14(18)16(21)10-4-2-3-5-11(10)17(15)22/h2-8,19H,1H3. The first kappa shape index (κ1) is 16.7. The molecule has 0 atom stereocenters. The number of nitro benzene ring substituents is 1. The SMILES string of the molecule is COc1ccc(NC2=C(Cl)C(=O)c3ccccc3C2=O)cc1[N+](=O)[O-]. The number of carbonyl (C=O) groups is 2. The van der Waals surface area contributed by atoms with Crippen LogP contribution >= 0.6 is 11.6 Å². The number of ketones is 2. The fourth-order valence-electron chi connectivity index (χ4n) is 2.51. The summed E-state index contributed by atoms with van der Waals surface area (Å²) in [6.45, 7) is 0. The van der Waals surface area contributed by atoms with E-state index in [9.17, 15) is 19.7 Å². The van der Waals surface area contributed by atoms with Gasteiger partial charge in [0.25, 0.3) is 0 Å². The molecule has 0 saturated heterocycles. The van der Waals surface area contributed by atoms with Gasteiger partial charge < -0.3 is 10.1 Å². The van der Waals surface area contributed by atoms with Crippen molar-refractivity contribution < 1.29 is 19.2 Å². The molecule has 0 bridgehead atoms. The third-order valence-electron chi connectivity index (χ3n) is 3.71. The van der Waals surface area contributed by atoms with Gasteiger partial charge in [0, 0.05) is 22.9 Å². The molecule has 1 N–H and O–H groups in total. The third-order valence-corrected chi connectivity index (χ3v) is 4.07. The molecule has 0 aromatic heterocycles. The maximum absolute atomic E-state index is 12.6. The number of halogens is 1. The number of fused-ring (bicyclic) bond motifs is 1. The Morgan fingerprint density at radius 3 is 2.32 bits per heavy atom. The molecule has 0 saturated carbocycles. The minimum Gasteiger partial charge on any atom is -0.490 e. The number of hydrogen-bond acceptors (Lipinski definition) is 6. The van der Waals surface area contributed by atoms with Gasteiger partial charge in [0.05, 0.1) is 12.0 Å². The van der Waals surface area contributed by atoms with Crippen LogP contribution in [0.25, 0.3) is 0 Å². The molecule has 8 heteroatoms. The Hall–Kier alpha value is -3.19. The van der Waals surface area contributed by atoms with E-state index in [1.165, 1.54) is 37.4 Å². The molecule has 3 rings (SSSR count). The number of ether oxygens (including phenoxy) is 1. The number of nitro groups is 1. The van der Waals surface area contributed by atoms with Crippen LogP contribution in [0.15, 0.2) is 53.2 Å². The molecular weight excluding hydrogens is 348 g/mol. The molecule has 126 valence electrons. The monoisotopic (exact) mass is 358 g/mol. The zero-order chi connectivity index (χ0) is 18.1. The fourth-order valence-corrected chi connectivity index (χ4v) is 2.75. The molecule has 1 aliphatic rings. The summed E-state index contributed by atoms with van der Waals surface area (Å²) in [5.74, 6) is -0.868. The second-order valence-electron chi connectivity index (χ2n) is 5.16. The van der Waals surface area contributed by atoms with Gasteiger partial charge in [0.15, 0.2) is 5.75 Å². The Labute approximate surface area is 147 Å². The van der Waals surface area contributed by atoms with Crippen LogP contribution in [0.2, 0.25) is 0 Å². The number of benzene rings is 2. The molecule has 2 aromatic carbocycles. The second-order valence-corrected chi connectivity index (χ2v) is 5.54. The van der Waals surface area contributed by atoms with Crippen LogP contribution < -0.4 is 10.1 Å². The Kier molecular flexibility index (Phi) is 4.24. The molecule has 1 aliphatic carbocycles. The van der Waals surface area contributed by atoms with Crippen LogP contribution in [0.1, 0.15) is 20.7 Å². The zero-order valence-corrected chi connectivity index (χ0v) is 13.7. The molecular formula is C17H11ClN2O5. The Balaban J connectivity index is 2.02. The number of nitrogens with one attached hydrogen (secondary N) is 1. The summed E-state index contributed by atoms with van der Waals surface area (Å²) >= 11 is 6.05. The van der Waals surface area contributed by atoms with E-state index in [0.717, 1.165) is 0 Å². The maximum Gasteiger partial charge on any atom is 0.312 e. The lowest BCUT2D eigenvalue weighted by Crippen LogP contribution is -2.24. The first-order valence-corrected chi connectivity index (χ1v) is 7.49. The third kappa shape index (κ3) is 2.85. The van der Waals surface area contributed by atoms with Crippen LogP contribution in [-0.2, 0) is 0 Å². The maximum atomic E-state index is 12.6. The van der Waals surface area contributed by atoms with Crippen molar-refractivity contribution in [2.24, 2.45) is 0 Å². The van der Waals surface area contributed by atoms with Crippen LogP contribution in [0.3, 0.4) is 0 Å². The van der Waals surface area contributed by atoms with Gasteiger partial charge in [-0.05, 0) is 12.1 Å². The molecule has 0 heterocycles. The van der Waals surface area contributed by atoms with Gasteiger partial charge >= 0.3 is 5.69 Å². The van der Waals surface area contributed by atoms with Crippen molar-refractivity contribution in [1.82, 2.24) is 0 Å². The summed E-state index contributed by atoms with van der Waals surface area (Å²) < 4.78 is 4.93. The van der Waals surface area contributed by atoms with Crippen molar-refractivity contribution >= 4 is 34.5 Å². The quantitative estimate of drug-likeness (QED) is 0.663. The van der Waals surface area contributed by atoms with E-state index in [1.54, 1.807) is 12.1 Å². The molecule has 0 unspecified atom stereocenters. The van der Waals surface area contributed by atoms with Crippen molar-refractivity contribution in [2.45, 2.75) is 0 Å². The smallest absolute Gasteiger partial charge is 0.312 e. The zero-order valence-electron chi connectivity index (χ0n) is 12.9. The van der Waals surface area contributed by atoms with Gasteiger partial charge in [-0.1, -0.05) is 35.9 Å². The number of allylic oxidation sites excluding steroid dienone is 2. The summed E-state index contributed by atoms with van der Waals surface area (Å²) in [6, 6.07) is 10.4. The van der Waals surface area contributed by atoms with Crippen molar-refractivity contribution in [3.63, 3.8) is 0 Å². The topological polar surface area (TPSA) is 98.5 Å². The van der Waals surface area contributed by atoms with Crippen molar-refractivity contribution in [3.05, 3.63) is 74.4 Å². The lowest BCUT2D eigenvalue weighted by atomic mass is 9.92. The summed E-state index contributed by atoms with van der Waals surface area (Å²) in [7, 11) is 1.31. The van der Waals surface area contributed by atoms with E-state index in [0.29, 0.717) is 0 Å².